The van der Waals surface area contributed by atoms with Gasteiger partial charge in [-0.05, 0) is 17.7 Å². The monoisotopic (exact) mass is 229 g/mol. The predicted octanol–water partition coefficient (Wildman–Crippen LogP) is 1.97. The molecule has 0 radical (unpaired) electrons. The van der Waals surface area contributed by atoms with Gasteiger partial charge in [-0.15, -0.1) is 0 Å². The van der Waals surface area contributed by atoms with Crippen LogP contribution in [0.1, 0.15) is 22.3 Å². The summed E-state index contributed by atoms with van der Waals surface area (Å²) < 4.78 is 4.45. The van der Waals surface area contributed by atoms with Gasteiger partial charge in [0.2, 0.25) is 0 Å². The van der Waals surface area contributed by atoms with Crippen molar-refractivity contribution in [3.05, 3.63) is 41.5 Å². The van der Waals surface area contributed by atoms with E-state index in [-0.39, 0.29) is 12.2 Å². The third kappa shape index (κ3) is 3.92. The van der Waals surface area contributed by atoms with Gasteiger partial charge in [0, 0.05) is 11.6 Å². The highest BCUT2D eigenvalue weighted by Gasteiger charge is 2.04. The second-order valence-corrected chi connectivity index (χ2v) is 3.24. The van der Waals surface area contributed by atoms with Crippen molar-refractivity contribution in [3.63, 3.8) is 0 Å². The molecule has 4 heteroatoms. The van der Waals surface area contributed by atoms with Crippen molar-refractivity contribution in [2.75, 3.05) is 7.11 Å². The largest absolute Gasteiger partial charge is 0.466 e. The molecule has 1 aromatic carbocycles. The Morgan fingerprint density at radius 3 is 2.88 bits per heavy atom. The highest BCUT2D eigenvalue weighted by molar-refractivity contribution is 5.98. The van der Waals surface area contributed by atoms with Gasteiger partial charge in [-0.25, -0.2) is 4.79 Å². The standard InChI is InChI=1S/C13H11NO3/c1-17-13(16)6-5-10-3-2-4-11(9-10)12(15)7-8-14/h2-6,9H,7H2,1H3. The summed E-state index contributed by atoms with van der Waals surface area (Å²) in [6.45, 7) is 0. The minimum Gasteiger partial charge on any atom is -0.466 e. The lowest BCUT2D eigenvalue weighted by atomic mass is 10.1. The molecule has 0 unspecified atom stereocenters. The normalized spacial score (nSPS) is 9.88. The molecule has 4 nitrogen and oxygen atoms in total. The third-order valence-corrected chi connectivity index (χ3v) is 2.06. The van der Waals surface area contributed by atoms with Crippen LogP contribution >= 0.6 is 0 Å². The molecule has 1 aromatic rings. The average Bonchev–Trinajstić information content (AvgIpc) is 2.36. The number of rotatable bonds is 4. The van der Waals surface area contributed by atoms with Gasteiger partial charge in [-0.2, -0.15) is 5.26 Å². The number of hydrogen-bond donors (Lipinski definition) is 0. The van der Waals surface area contributed by atoms with Crippen LogP contribution in [0.15, 0.2) is 30.3 Å². The molecule has 1 rings (SSSR count). The van der Waals surface area contributed by atoms with Crippen molar-refractivity contribution in [1.29, 1.82) is 5.26 Å². The number of methoxy groups -OCH3 is 1. The first-order chi connectivity index (χ1) is 8.17. The van der Waals surface area contributed by atoms with Crippen molar-refractivity contribution in [3.8, 4) is 6.07 Å². The van der Waals surface area contributed by atoms with Crippen LogP contribution < -0.4 is 0 Å². The molecule has 0 saturated heterocycles. The summed E-state index contributed by atoms with van der Waals surface area (Å²) in [5, 5.41) is 8.43. The predicted molar refractivity (Wildman–Crippen MR) is 62.1 cm³/mol. The number of ether oxygens (including phenoxy) is 1. The van der Waals surface area contributed by atoms with Crippen LogP contribution in [0.5, 0.6) is 0 Å². The molecule has 0 N–H and O–H groups in total. The zero-order valence-electron chi connectivity index (χ0n) is 9.34. The minimum absolute atomic E-state index is 0.149. The van der Waals surface area contributed by atoms with Gasteiger partial charge in [0.05, 0.1) is 19.6 Å². The Labute approximate surface area is 99.1 Å². The zero-order chi connectivity index (χ0) is 12.7. The minimum atomic E-state index is -0.459. The van der Waals surface area contributed by atoms with E-state index >= 15 is 0 Å². The lowest BCUT2D eigenvalue weighted by Gasteiger charge is -1.98. The third-order valence-electron chi connectivity index (χ3n) is 2.06. The van der Waals surface area contributed by atoms with E-state index in [1.165, 1.54) is 13.2 Å². The maximum atomic E-state index is 11.5. The lowest BCUT2D eigenvalue weighted by molar-refractivity contribution is -0.134. The molecule has 0 aliphatic heterocycles. The first-order valence-corrected chi connectivity index (χ1v) is 4.93. The molecular formula is C13H11NO3. The number of nitriles is 1. The van der Waals surface area contributed by atoms with Crippen molar-refractivity contribution < 1.29 is 14.3 Å². The fraction of sp³-hybridized carbons (Fsp3) is 0.154. The van der Waals surface area contributed by atoms with Crippen LogP contribution in [-0.4, -0.2) is 18.9 Å². The molecule has 86 valence electrons. The second-order valence-electron chi connectivity index (χ2n) is 3.24. The number of esters is 1. The highest BCUT2D eigenvalue weighted by Crippen LogP contribution is 2.09. The molecule has 0 spiro atoms. The number of ketones is 1. The molecule has 0 atom stereocenters. The Hall–Kier alpha value is -2.41. The van der Waals surface area contributed by atoms with Gasteiger partial charge >= 0.3 is 5.97 Å². The Kier molecular flexibility index (Phi) is 4.64. The summed E-state index contributed by atoms with van der Waals surface area (Å²) in [6.07, 6.45) is 2.67. The van der Waals surface area contributed by atoms with E-state index in [9.17, 15) is 9.59 Å². The van der Waals surface area contributed by atoms with Crippen LogP contribution in [0.2, 0.25) is 0 Å². The molecule has 17 heavy (non-hydrogen) atoms. The summed E-state index contributed by atoms with van der Waals surface area (Å²) in [6, 6.07) is 8.51. The van der Waals surface area contributed by atoms with Crippen molar-refractivity contribution >= 4 is 17.8 Å². The summed E-state index contributed by atoms with van der Waals surface area (Å²) >= 11 is 0. The lowest BCUT2D eigenvalue weighted by Crippen LogP contribution is -1.97. The summed E-state index contributed by atoms with van der Waals surface area (Å²) in [7, 11) is 1.29. The first-order valence-electron chi connectivity index (χ1n) is 4.93. The number of nitrogens with zero attached hydrogens (tertiary/aromatic N) is 1. The van der Waals surface area contributed by atoms with E-state index in [0.717, 1.165) is 0 Å². The van der Waals surface area contributed by atoms with Gasteiger partial charge in [0.15, 0.2) is 5.78 Å². The molecule has 0 bridgehead atoms. The van der Waals surface area contributed by atoms with E-state index in [0.29, 0.717) is 11.1 Å². The number of hydrogen-bond acceptors (Lipinski definition) is 4. The molecule has 0 heterocycles. The van der Waals surface area contributed by atoms with Crippen molar-refractivity contribution in [2.45, 2.75) is 6.42 Å². The topological polar surface area (TPSA) is 67.2 Å². The van der Waals surface area contributed by atoms with E-state index < -0.39 is 5.97 Å². The van der Waals surface area contributed by atoms with Crippen molar-refractivity contribution in [2.24, 2.45) is 0 Å². The molecule has 0 aromatic heterocycles. The Morgan fingerprint density at radius 2 is 2.24 bits per heavy atom. The van der Waals surface area contributed by atoms with Crippen LogP contribution in [0.3, 0.4) is 0 Å². The van der Waals surface area contributed by atoms with Crippen LogP contribution in [0.25, 0.3) is 6.08 Å². The number of benzene rings is 1. The molecular weight excluding hydrogens is 218 g/mol. The van der Waals surface area contributed by atoms with Crippen LogP contribution in [0.4, 0.5) is 0 Å². The Morgan fingerprint density at radius 1 is 1.47 bits per heavy atom. The van der Waals surface area contributed by atoms with Gasteiger partial charge in [-0.3, -0.25) is 4.79 Å². The molecule has 0 saturated carbocycles. The van der Waals surface area contributed by atoms with Crippen LogP contribution in [-0.2, 0) is 9.53 Å². The van der Waals surface area contributed by atoms with Gasteiger partial charge in [-0.1, -0.05) is 18.2 Å². The van der Waals surface area contributed by atoms with Gasteiger partial charge < -0.3 is 4.74 Å². The maximum Gasteiger partial charge on any atom is 0.330 e. The zero-order valence-corrected chi connectivity index (χ0v) is 9.34. The van der Waals surface area contributed by atoms with Crippen LogP contribution in [0, 0.1) is 11.3 Å². The number of carbonyl (C=O) groups excluding carboxylic acids is 2. The quantitative estimate of drug-likeness (QED) is 0.449. The molecule has 0 amide bonds. The van der Waals surface area contributed by atoms with E-state index in [2.05, 4.69) is 4.74 Å². The summed E-state index contributed by atoms with van der Waals surface area (Å²) in [5.74, 6) is -0.695. The van der Waals surface area contributed by atoms with Crippen molar-refractivity contribution in [1.82, 2.24) is 0 Å². The first kappa shape index (κ1) is 12.7. The molecule has 0 aliphatic carbocycles. The smallest absolute Gasteiger partial charge is 0.330 e. The van der Waals surface area contributed by atoms with E-state index in [1.54, 1.807) is 36.4 Å². The fourth-order valence-electron chi connectivity index (χ4n) is 1.22. The highest BCUT2D eigenvalue weighted by atomic mass is 16.5. The summed E-state index contributed by atoms with van der Waals surface area (Å²) in [4.78, 5) is 22.3. The Bertz CT molecular complexity index is 498. The van der Waals surface area contributed by atoms with E-state index in [1.807, 2.05) is 0 Å². The maximum absolute atomic E-state index is 11.5. The average molecular weight is 229 g/mol. The Balaban J connectivity index is 2.87. The second kappa shape index (κ2) is 6.23. The van der Waals surface area contributed by atoms with Gasteiger partial charge in [0.25, 0.3) is 0 Å². The molecule has 0 aliphatic rings. The fourth-order valence-corrected chi connectivity index (χ4v) is 1.22. The number of Topliss-reactive ketones (excluding diaryl/α,β-unsaturated/α-hetero) is 1. The molecule has 0 fully saturated rings. The SMILES string of the molecule is COC(=O)C=Cc1cccc(C(=O)CC#N)c1. The van der Waals surface area contributed by atoms with E-state index in [4.69, 9.17) is 5.26 Å². The van der Waals surface area contributed by atoms with Gasteiger partial charge in [0.1, 0.15) is 0 Å². The number of carbonyl (C=O) groups is 2. The summed E-state index contributed by atoms with van der Waals surface area (Å²) in [5.41, 5.74) is 1.16.